The van der Waals surface area contributed by atoms with Gasteiger partial charge in [-0.15, -0.1) is 10.2 Å². The van der Waals surface area contributed by atoms with Crippen LogP contribution in [-0.2, 0) is 9.59 Å². The van der Waals surface area contributed by atoms with Crippen molar-refractivity contribution in [2.45, 2.75) is 20.8 Å². The van der Waals surface area contributed by atoms with Gasteiger partial charge in [-0.25, -0.2) is 9.79 Å². The van der Waals surface area contributed by atoms with Crippen LogP contribution in [0.15, 0.2) is 9.98 Å². The van der Waals surface area contributed by atoms with Crippen LogP contribution in [0.2, 0.25) is 0 Å². The molecule has 4 amide bonds. The summed E-state index contributed by atoms with van der Waals surface area (Å²) in [6.45, 7) is 5.65. The zero-order valence-corrected chi connectivity index (χ0v) is 17.7. The highest BCUT2D eigenvalue weighted by Gasteiger charge is 2.49. The standard InChI is InChI=1S/C16H19N7O3S2/c1-7(2)11-18-12-10(14(25)23(5)16(26)22(12)4)13(19-11)27-6-9(24)17-15-21-20-8(3)28-15/h7,10H,6H2,1-5H3/p+1. The third-order valence-electron chi connectivity index (χ3n) is 4.09. The predicted molar refractivity (Wildman–Crippen MR) is 108 cm³/mol. The number of amides is 4. The summed E-state index contributed by atoms with van der Waals surface area (Å²) in [4.78, 5) is 47.2. The molecule has 1 aromatic rings. The second-order valence-corrected chi connectivity index (χ2v) is 8.75. The molecule has 0 radical (unpaired) electrons. The molecule has 0 fully saturated rings. The van der Waals surface area contributed by atoms with Crippen molar-refractivity contribution in [3.8, 4) is 0 Å². The van der Waals surface area contributed by atoms with Crippen molar-refractivity contribution in [2.24, 2.45) is 21.8 Å². The molecule has 2 aliphatic heterocycles. The highest BCUT2D eigenvalue weighted by atomic mass is 32.2. The van der Waals surface area contributed by atoms with E-state index in [4.69, 9.17) is 0 Å². The second kappa shape index (κ2) is 7.87. The molecule has 0 bridgehead atoms. The molecule has 148 valence electrons. The summed E-state index contributed by atoms with van der Waals surface area (Å²) in [5.74, 6) is -0.574. The Labute approximate surface area is 169 Å². The number of thioether (sulfide) groups is 1. The number of aryl methyl sites for hydroxylation is 1. The minimum atomic E-state index is -0.795. The molecular formula is C16H20N7O3S2+. The third kappa shape index (κ3) is 3.87. The number of nitrogens with zero attached hydrogens (tertiary/aromatic N) is 6. The van der Waals surface area contributed by atoms with Gasteiger partial charge < -0.3 is 0 Å². The summed E-state index contributed by atoms with van der Waals surface area (Å²) in [7, 11) is 3.00. The van der Waals surface area contributed by atoms with Crippen molar-refractivity contribution < 1.29 is 19.0 Å². The van der Waals surface area contributed by atoms with E-state index in [0.29, 0.717) is 21.8 Å². The highest BCUT2D eigenvalue weighted by Crippen LogP contribution is 2.26. The lowest BCUT2D eigenvalue weighted by Crippen LogP contribution is -2.55. The monoisotopic (exact) mass is 422 g/mol. The summed E-state index contributed by atoms with van der Waals surface area (Å²) in [5, 5.41) is 12.0. The van der Waals surface area contributed by atoms with Crippen LogP contribution in [0.4, 0.5) is 9.93 Å². The summed E-state index contributed by atoms with van der Waals surface area (Å²) in [6.07, 6.45) is 0. The van der Waals surface area contributed by atoms with E-state index in [1.807, 2.05) is 13.8 Å². The summed E-state index contributed by atoms with van der Waals surface area (Å²) in [6, 6.07) is -0.446. The Morgan fingerprint density at radius 2 is 2.04 bits per heavy atom. The van der Waals surface area contributed by atoms with Crippen molar-refractivity contribution in [3.63, 3.8) is 0 Å². The number of carbonyl (C=O) groups excluding carboxylic acids is 3. The van der Waals surface area contributed by atoms with Crippen LogP contribution in [0.25, 0.3) is 0 Å². The lowest BCUT2D eigenvalue weighted by atomic mass is 10.0. The molecule has 28 heavy (non-hydrogen) atoms. The van der Waals surface area contributed by atoms with Gasteiger partial charge in [0.25, 0.3) is 5.84 Å². The molecule has 1 unspecified atom stereocenters. The number of carbonyl (C=O) groups is 3. The molecule has 10 nitrogen and oxygen atoms in total. The molecule has 1 N–H and O–H groups in total. The van der Waals surface area contributed by atoms with Crippen LogP contribution < -0.4 is 5.32 Å². The molecular weight excluding hydrogens is 402 g/mol. The van der Waals surface area contributed by atoms with Crippen LogP contribution in [0, 0.1) is 18.8 Å². The van der Waals surface area contributed by atoms with Gasteiger partial charge in [0.1, 0.15) is 10.1 Å². The van der Waals surface area contributed by atoms with Gasteiger partial charge in [-0.1, -0.05) is 41.9 Å². The number of imide groups is 1. The first kappa shape index (κ1) is 20.3. The Morgan fingerprint density at radius 1 is 1.32 bits per heavy atom. The number of amidine groups is 2. The summed E-state index contributed by atoms with van der Waals surface area (Å²) >= 11 is 2.43. The number of urea groups is 1. The number of aromatic nitrogens is 2. The molecule has 1 aromatic heterocycles. The van der Waals surface area contributed by atoms with Gasteiger partial charge >= 0.3 is 11.9 Å². The third-order valence-corrected chi connectivity index (χ3v) is 5.88. The van der Waals surface area contributed by atoms with Gasteiger partial charge in [0, 0.05) is 5.92 Å². The molecule has 3 heterocycles. The van der Waals surface area contributed by atoms with Crippen molar-refractivity contribution >= 4 is 62.8 Å². The summed E-state index contributed by atoms with van der Waals surface area (Å²) < 4.78 is 1.35. The lowest BCUT2D eigenvalue weighted by Gasteiger charge is -2.26. The van der Waals surface area contributed by atoms with Crippen molar-refractivity contribution in [1.29, 1.82) is 0 Å². The Hall–Kier alpha value is -2.47. The normalized spacial score (nSPS) is 19.6. The van der Waals surface area contributed by atoms with E-state index < -0.39 is 17.9 Å². The van der Waals surface area contributed by atoms with E-state index in [9.17, 15) is 14.4 Å². The maximum Gasteiger partial charge on any atom is 0.445 e. The Morgan fingerprint density at radius 3 is 2.64 bits per heavy atom. The molecule has 1 atom stereocenters. The van der Waals surface area contributed by atoms with E-state index >= 15 is 0 Å². The maximum atomic E-state index is 12.7. The number of nitrogens with one attached hydrogen (secondary N) is 1. The molecule has 0 spiro atoms. The van der Waals surface area contributed by atoms with Gasteiger partial charge in [-0.05, 0) is 6.92 Å². The Balaban J connectivity index is 1.84. The van der Waals surface area contributed by atoms with Crippen LogP contribution in [0.5, 0.6) is 0 Å². The largest absolute Gasteiger partial charge is 0.445 e. The minimum absolute atomic E-state index is 0.000468. The second-order valence-electron chi connectivity index (χ2n) is 6.57. The highest BCUT2D eigenvalue weighted by molar-refractivity contribution is 8.14. The maximum absolute atomic E-state index is 12.7. The van der Waals surface area contributed by atoms with Gasteiger partial charge in [0.05, 0.1) is 19.8 Å². The smallest absolute Gasteiger partial charge is 0.300 e. The molecule has 2 aliphatic rings. The van der Waals surface area contributed by atoms with Gasteiger partial charge in [-0.3, -0.25) is 14.9 Å². The molecule has 3 rings (SSSR count). The van der Waals surface area contributed by atoms with E-state index in [1.165, 1.54) is 23.0 Å². The number of anilines is 1. The first-order valence-electron chi connectivity index (χ1n) is 8.51. The first-order chi connectivity index (χ1) is 13.2. The zero-order valence-electron chi connectivity index (χ0n) is 16.1. The number of hydrogen-bond donors (Lipinski definition) is 1. The fourth-order valence-corrected chi connectivity index (χ4v) is 4.10. The van der Waals surface area contributed by atoms with Gasteiger partial charge in [-0.2, -0.15) is 9.48 Å². The first-order valence-corrected chi connectivity index (χ1v) is 10.3. The average molecular weight is 423 g/mol. The number of rotatable bonds is 4. The van der Waals surface area contributed by atoms with Crippen molar-refractivity contribution in [1.82, 2.24) is 15.1 Å². The molecule has 0 aromatic carbocycles. The molecule has 0 saturated carbocycles. The van der Waals surface area contributed by atoms with Crippen LogP contribution in [0.1, 0.15) is 18.9 Å². The van der Waals surface area contributed by atoms with Gasteiger partial charge in [0.2, 0.25) is 16.9 Å². The molecule has 0 saturated heterocycles. The van der Waals surface area contributed by atoms with E-state index in [1.54, 1.807) is 14.0 Å². The SMILES string of the molecule is Cc1nnc(NC(=O)CSC2=NC(C(C)C)=NC3=[N+](C)C(=O)N(C)C(=O)C23)s1. The fraction of sp³-hybridized carbons (Fsp3) is 0.500. The topological polar surface area (TPSA) is 120 Å². The van der Waals surface area contributed by atoms with Gasteiger partial charge in [0.15, 0.2) is 5.92 Å². The Bertz CT molecular complexity index is 948. The van der Waals surface area contributed by atoms with Crippen LogP contribution >= 0.6 is 23.1 Å². The van der Waals surface area contributed by atoms with E-state index in [2.05, 4.69) is 25.5 Å². The number of aliphatic imine (C=N–C) groups is 2. The van der Waals surface area contributed by atoms with Crippen molar-refractivity contribution in [2.75, 3.05) is 25.2 Å². The Kier molecular flexibility index (Phi) is 5.70. The fourth-order valence-electron chi connectivity index (χ4n) is 2.61. The predicted octanol–water partition coefficient (Wildman–Crippen LogP) is 1.23. The lowest BCUT2D eigenvalue weighted by molar-refractivity contribution is -0.407. The zero-order chi connectivity index (χ0) is 20.6. The quantitative estimate of drug-likeness (QED) is 0.729. The number of hydrogen-bond acceptors (Lipinski definition) is 9. The van der Waals surface area contributed by atoms with E-state index in [-0.39, 0.29) is 17.6 Å². The molecule has 0 aliphatic carbocycles. The molecule has 12 heteroatoms. The number of fused-ring (bicyclic) bond motifs is 1. The average Bonchev–Trinajstić information content (AvgIpc) is 3.06. The minimum Gasteiger partial charge on any atom is -0.300 e. The van der Waals surface area contributed by atoms with E-state index in [0.717, 1.165) is 21.7 Å². The summed E-state index contributed by atoms with van der Waals surface area (Å²) in [5.41, 5.74) is 0. The van der Waals surface area contributed by atoms with Crippen LogP contribution in [-0.4, -0.2) is 74.1 Å². The van der Waals surface area contributed by atoms with Crippen LogP contribution in [0.3, 0.4) is 0 Å². The van der Waals surface area contributed by atoms with Crippen molar-refractivity contribution in [3.05, 3.63) is 5.01 Å².